The molecule has 0 unspecified atom stereocenters. The van der Waals surface area contributed by atoms with Crippen LogP contribution in [0.15, 0.2) is 4.99 Å². The Balaban J connectivity index is 3.16. The third kappa shape index (κ3) is 10.4. The zero-order chi connectivity index (χ0) is 13.6. The number of nitrogens with zero attached hydrogens (tertiary/aromatic N) is 2. The zero-order valence-corrected chi connectivity index (χ0v) is 12.7. The van der Waals surface area contributed by atoms with Gasteiger partial charge < -0.3 is 10.6 Å². The fraction of sp³-hybridized carbons (Fsp3) is 0.933. The Hall–Kier alpha value is -0.730. The second-order valence-corrected chi connectivity index (χ2v) is 5.19. The average Bonchev–Trinajstić information content (AvgIpc) is 2.39. The van der Waals surface area contributed by atoms with Crippen LogP contribution in [0.25, 0.3) is 0 Å². The number of unbranched alkanes of at least 4 members (excludes halogenated alkanes) is 9. The molecule has 0 amide bonds. The molecule has 0 aromatic heterocycles. The molecule has 0 saturated carbocycles. The maximum absolute atomic E-state index is 5.71. The molecule has 0 radical (unpaired) electrons. The van der Waals surface area contributed by atoms with E-state index < -0.39 is 0 Å². The van der Waals surface area contributed by atoms with Gasteiger partial charge in [-0.15, -0.1) is 0 Å². The van der Waals surface area contributed by atoms with Crippen LogP contribution in [-0.2, 0) is 0 Å². The standard InChI is InChI=1S/C15H33N3/c1-4-5-6-7-8-9-10-11-12-13-14-18(3)15(16)17-2/h4-14H2,1-3H3,(H2,16,17). The molecule has 0 aromatic carbocycles. The van der Waals surface area contributed by atoms with E-state index in [-0.39, 0.29) is 0 Å². The molecule has 3 nitrogen and oxygen atoms in total. The van der Waals surface area contributed by atoms with E-state index in [0.29, 0.717) is 5.96 Å². The van der Waals surface area contributed by atoms with Crippen molar-refractivity contribution >= 4 is 5.96 Å². The average molecular weight is 255 g/mol. The topological polar surface area (TPSA) is 41.6 Å². The molecule has 108 valence electrons. The van der Waals surface area contributed by atoms with Crippen molar-refractivity contribution in [3.63, 3.8) is 0 Å². The van der Waals surface area contributed by atoms with E-state index in [1.54, 1.807) is 7.05 Å². The Labute approximate surface area is 114 Å². The lowest BCUT2D eigenvalue weighted by atomic mass is 10.1. The fourth-order valence-electron chi connectivity index (χ4n) is 2.12. The van der Waals surface area contributed by atoms with Crippen molar-refractivity contribution in [2.24, 2.45) is 10.7 Å². The van der Waals surface area contributed by atoms with E-state index >= 15 is 0 Å². The first kappa shape index (κ1) is 17.3. The molecule has 0 rings (SSSR count). The minimum atomic E-state index is 0.644. The van der Waals surface area contributed by atoms with Crippen molar-refractivity contribution in [3.8, 4) is 0 Å². The van der Waals surface area contributed by atoms with Gasteiger partial charge in [0.05, 0.1) is 0 Å². The third-order valence-corrected chi connectivity index (χ3v) is 3.47. The van der Waals surface area contributed by atoms with Gasteiger partial charge in [-0.3, -0.25) is 4.99 Å². The molecule has 0 aromatic rings. The SMILES string of the molecule is CCCCCCCCCCCCN(C)C(N)=NC. The second kappa shape index (κ2) is 12.7. The van der Waals surface area contributed by atoms with Crippen LogP contribution in [0.2, 0.25) is 0 Å². The first-order valence-corrected chi connectivity index (χ1v) is 7.65. The van der Waals surface area contributed by atoms with Crippen LogP contribution in [0.5, 0.6) is 0 Å². The number of rotatable bonds is 11. The van der Waals surface area contributed by atoms with Gasteiger partial charge in [-0.25, -0.2) is 0 Å². The lowest BCUT2D eigenvalue weighted by molar-refractivity contribution is 0.459. The summed E-state index contributed by atoms with van der Waals surface area (Å²) < 4.78 is 0. The van der Waals surface area contributed by atoms with Gasteiger partial charge in [0, 0.05) is 20.6 Å². The molecule has 0 saturated heterocycles. The molecule has 0 bridgehead atoms. The number of guanidine groups is 1. The highest BCUT2D eigenvalue weighted by molar-refractivity contribution is 5.77. The van der Waals surface area contributed by atoms with Gasteiger partial charge in [0.25, 0.3) is 0 Å². The van der Waals surface area contributed by atoms with Gasteiger partial charge in [0.2, 0.25) is 0 Å². The molecule has 0 fully saturated rings. The molecule has 0 aliphatic carbocycles. The fourth-order valence-corrected chi connectivity index (χ4v) is 2.12. The van der Waals surface area contributed by atoms with E-state index in [1.165, 1.54) is 64.2 Å². The molecular weight excluding hydrogens is 222 g/mol. The summed E-state index contributed by atoms with van der Waals surface area (Å²) in [5, 5.41) is 0. The summed E-state index contributed by atoms with van der Waals surface area (Å²) in [6.45, 7) is 3.30. The Bertz CT molecular complexity index is 202. The summed E-state index contributed by atoms with van der Waals surface area (Å²) in [5.41, 5.74) is 5.71. The maximum Gasteiger partial charge on any atom is 0.190 e. The number of hydrogen-bond donors (Lipinski definition) is 1. The van der Waals surface area contributed by atoms with Crippen LogP contribution in [0.4, 0.5) is 0 Å². The zero-order valence-electron chi connectivity index (χ0n) is 12.7. The minimum Gasteiger partial charge on any atom is -0.370 e. The van der Waals surface area contributed by atoms with Crippen molar-refractivity contribution in [2.75, 3.05) is 20.6 Å². The molecule has 0 spiro atoms. The Morgan fingerprint density at radius 1 is 0.889 bits per heavy atom. The lowest BCUT2D eigenvalue weighted by Gasteiger charge is -2.17. The van der Waals surface area contributed by atoms with Gasteiger partial charge in [-0.2, -0.15) is 0 Å². The van der Waals surface area contributed by atoms with Gasteiger partial charge in [-0.05, 0) is 6.42 Å². The quantitative estimate of drug-likeness (QED) is 0.347. The smallest absolute Gasteiger partial charge is 0.190 e. The molecule has 0 aliphatic rings. The van der Waals surface area contributed by atoms with Crippen LogP contribution < -0.4 is 5.73 Å². The Morgan fingerprint density at radius 2 is 1.33 bits per heavy atom. The van der Waals surface area contributed by atoms with Crippen LogP contribution in [0.1, 0.15) is 71.1 Å². The van der Waals surface area contributed by atoms with Gasteiger partial charge in [-0.1, -0.05) is 64.7 Å². The molecule has 0 atom stereocenters. The highest BCUT2D eigenvalue weighted by Gasteiger charge is 1.99. The van der Waals surface area contributed by atoms with E-state index in [9.17, 15) is 0 Å². The molecule has 0 aliphatic heterocycles. The lowest BCUT2D eigenvalue weighted by Crippen LogP contribution is -2.34. The van der Waals surface area contributed by atoms with Gasteiger partial charge in [0.15, 0.2) is 5.96 Å². The van der Waals surface area contributed by atoms with Crippen LogP contribution >= 0.6 is 0 Å². The summed E-state index contributed by atoms with van der Waals surface area (Å²) >= 11 is 0. The van der Waals surface area contributed by atoms with Crippen molar-refractivity contribution < 1.29 is 0 Å². The molecule has 3 heteroatoms. The second-order valence-electron chi connectivity index (χ2n) is 5.19. The van der Waals surface area contributed by atoms with Crippen molar-refractivity contribution in [1.29, 1.82) is 0 Å². The maximum atomic E-state index is 5.71. The Morgan fingerprint density at radius 3 is 1.78 bits per heavy atom. The molecule has 18 heavy (non-hydrogen) atoms. The normalized spacial score (nSPS) is 11.8. The van der Waals surface area contributed by atoms with E-state index in [4.69, 9.17) is 5.73 Å². The predicted molar refractivity (Wildman–Crippen MR) is 82.0 cm³/mol. The summed E-state index contributed by atoms with van der Waals surface area (Å²) in [4.78, 5) is 6.01. The third-order valence-electron chi connectivity index (χ3n) is 3.47. The van der Waals surface area contributed by atoms with Crippen molar-refractivity contribution in [2.45, 2.75) is 71.1 Å². The molecular formula is C15H33N3. The van der Waals surface area contributed by atoms with Crippen LogP contribution in [0, 0.1) is 0 Å². The van der Waals surface area contributed by atoms with Gasteiger partial charge >= 0.3 is 0 Å². The first-order chi connectivity index (χ1) is 8.72. The van der Waals surface area contributed by atoms with E-state index in [0.717, 1.165) is 6.54 Å². The van der Waals surface area contributed by atoms with Crippen molar-refractivity contribution in [1.82, 2.24) is 4.90 Å². The van der Waals surface area contributed by atoms with E-state index in [2.05, 4.69) is 11.9 Å². The first-order valence-electron chi connectivity index (χ1n) is 7.65. The predicted octanol–water partition coefficient (Wildman–Crippen LogP) is 3.78. The van der Waals surface area contributed by atoms with Gasteiger partial charge in [0.1, 0.15) is 0 Å². The number of nitrogens with two attached hydrogens (primary N) is 1. The highest BCUT2D eigenvalue weighted by atomic mass is 15.2. The minimum absolute atomic E-state index is 0.644. The van der Waals surface area contributed by atoms with Crippen LogP contribution in [-0.4, -0.2) is 31.5 Å². The summed E-state index contributed by atoms with van der Waals surface area (Å²) in [7, 11) is 3.75. The highest BCUT2D eigenvalue weighted by Crippen LogP contribution is 2.10. The summed E-state index contributed by atoms with van der Waals surface area (Å²) in [6, 6.07) is 0. The number of hydrogen-bond acceptors (Lipinski definition) is 1. The molecule has 0 heterocycles. The molecule has 2 N–H and O–H groups in total. The largest absolute Gasteiger partial charge is 0.370 e. The summed E-state index contributed by atoms with van der Waals surface area (Å²) in [5.74, 6) is 0.644. The number of aliphatic imine (C=N–C) groups is 1. The summed E-state index contributed by atoms with van der Waals surface area (Å²) in [6.07, 6.45) is 13.8. The van der Waals surface area contributed by atoms with Crippen LogP contribution in [0.3, 0.4) is 0 Å². The van der Waals surface area contributed by atoms with Crippen molar-refractivity contribution in [3.05, 3.63) is 0 Å². The monoisotopic (exact) mass is 255 g/mol. The Kier molecular flexibility index (Phi) is 12.2. The van der Waals surface area contributed by atoms with E-state index in [1.807, 2.05) is 11.9 Å².